The quantitative estimate of drug-likeness (QED) is 0.646. The van der Waals surface area contributed by atoms with E-state index in [0.29, 0.717) is 17.8 Å². The first kappa shape index (κ1) is 22.9. The average molecular weight is 412 g/mol. The molecule has 7 heteroatoms. The lowest BCUT2D eigenvalue weighted by Gasteiger charge is -2.19. The van der Waals surface area contributed by atoms with E-state index in [1.54, 1.807) is 39.0 Å². The maximum absolute atomic E-state index is 12.4. The predicted molar refractivity (Wildman–Crippen MR) is 116 cm³/mol. The molecule has 7 nitrogen and oxygen atoms in total. The fraction of sp³-hybridized carbons (Fsp3) is 0.348. The SMILES string of the molecule is Cc1ccccc1C(=O)Nc1ccc(CNC(=O)CCNC(=O)OC(C)(C)C)cc1. The van der Waals surface area contributed by atoms with Crippen molar-refractivity contribution in [3.8, 4) is 0 Å². The Morgan fingerprint density at radius 3 is 2.23 bits per heavy atom. The van der Waals surface area contributed by atoms with E-state index in [2.05, 4.69) is 16.0 Å². The molecular weight excluding hydrogens is 382 g/mol. The maximum atomic E-state index is 12.4. The number of nitrogens with one attached hydrogen (secondary N) is 3. The van der Waals surface area contributed by atoms with Gasteiger partial charge in [0.25, 0.3) is 5.91 Å². The Labute approximate surface area is 177 Å². The molecule has 0 atom stereocenters. The Morgan fingerprint density at radius 2 is 1.60 bits per heavy atom. The number of carbonyl (C=O) groups is 3. The van der Waals surface area contributed by atoms with Crippen LogP contribution in [0.5, 0.6) is 0 Å². The van der Waals surface area contributed by atoms with E-state index < -0.39 is 11.7 Å². The first-order chi connectivity index (χ1) is 14.1. The molecule has 0 aromatic heterocycles. The normalized spacial score (nSPS) is 10.8. The van der Waals surface area contributed by atoms with Crippen molar-refractivity contribution in [3.05, 3.63) is 65.2 Å². The smallest absolute Gasteiger partial charge is 0.407 e. The monoisotopic (exact) mass is 411 g/mol. The average Bonchev–Trinajstić information content (AvgIpc) is 2.66. The molecule has 0 aliphatic carbocycles. The molecule has 3 amide bonds. The topological polar surface area (TPSA) is 96.5 Å². The molecule has 2 rings (SSSR count). The minimum absolute atomic E-state index is 0.157. The van der Waals surface area contributed by atoms with E-state index in [9.17, 15) is 14.4 Å². The van der Waals surface area contributed by atoms with Crippen LogP contribution in [0, 0.1) is 6.92 Å². The van der Waals surface area contributed by atoms with Crippen LogP contribution in [0.4, 0.5) is 10.5 Å². The second-order valence-electron chi connectivity index (χ2n) is 7.92. The van der Waals surface area contributed by atoms with Crippen molar-refractivity contribution < 1.29 is 19.1 Å². The van der Waals surface area contributed by atoms with Gasteiger partial charge in [0.15, 0.2) is 0 Å². The van der Waals surface area contributed by atoms with Crippen LogP contribution < -0.4 is 16.0 Å². The molecule has 2 aromatic rings. The third kappa shape index (κ3) is 7.95. The lowest BCUT2D eigenvalue weighted by atomic mass is 10.1. The largest absolute Gasteiger partial charge is 0.444 e. The van der Waals surface area contributed by atoms with Crippen LogP contribution in [0.15, 0.2) is 48.5 Å². The number of alkyl carbamates (subject to hydrolysis) is 1. The molecule has 0 saturated carbocycles. The second-order valence-corrected chi connectivity index (χ2v) is 7.92. The summed E-state index contributed by atoms with van der Waals surface area (Å²) in [6.07, 6.45) is -0.386. The van der Waals surface area contributed by atoms with Gasteiger partial charge in [0.1, 0.15) is 5.60 Å². The van der Waals surface area contributed by atoms with Gasteiger partial charge in [-0.25, -0.2) is 4.79 Å². The molecule has 0 unspecified atom stereocenters. The first-order valence-electron chi connectivity index (χ1n) is 9.83. The molecule has 0 saturated heterocycles. The lowest BCUT2D eigenvalue weighted by molar-refractivity contribution is -0.121. The van der Waals surface area contributed by atoms with Crippen LogP contribution in [-0.2, 0) is 16.1 Å². The molecule has 0 aliphatic rings. The van der Waals surface area contributed by atoms with Crippen LogP contribution in [0.2, 0.25) is 0 Å². The van der Waals surface area contributed by atoms with Gasteiger partial charge >= 0.3 is 6.09 Å². The summed E-state index contributed by atoms with van der Waals surface area (Å²) in [6.45, 7) is 7.78. The van der Waals surface area contributed by atoms with E-state index in [1.165, 1.54) is 0 Å². The van der Waals surface area contributed by atoms with Gasteiger partial charge in [0, 0.05) is 30.8 Å². The van der Waals surface area contributed by atoms with Crippen LogP contribution in [0.1, 0.15) is 48.7 Å². The van der Waals surface area contributed by atoms with Crippen molar-refractivity contribution in [1.82, 2.24) is 10.6 Å². The van der Waals surface area contributed by atoms with Gasteiger partial charge in [-0.3, -0.25) is 9.59 Å². The van der Waals surface area contributed by atoms with Gasteiger partial charge in [-0.1, -0.05) is 30.3 Å². The van der Waals surface area contributed by atoms with Crippen molar-refractivity contribution >= 4 is 23.6 Å². The van der Waals surface area contributed by atoms with Crippen molar-refractivity contribution in [3.63, 3.8) is 0 Å². The Morgan fingerprint density at radius 1 is 0.933 bits per heavy atom. The highest BCUT2D eigenvalue weighted by molar-refractivity contribution is 6.05. The summed E-state index contributed by atoms with van der Waals surface area (Å²) in [4.78, 5) is 35.8. The summed E-state index contributed by atoms with van der Waals surface area (Å²) >= 11 is 0. The Hall–Kier alpha value is -3.35. The maximum Gasteiger partial charge on any atom is 0.407 e. The Kier molecular flexibility index (Phi) is 7.98. The van der Waals surface area contributed by atoms with Crippen molar-refractivity contribution in [1.29, 1.82) is 0 Å². The standard InChI is InChI=1S/C23H29N3O4/c1-16-7-5-6-8-19(16)21(28)26-18-11-9-17(10-12-18)15-25-20(27)13-14-24-22(29)30-23(2,3)4/h5-12H,13-15H2,1-4H3,(H,24,29)(H,25,27)(H,26,28). The molecule has 160 valence electrons. The van der Waals surface area contributed by atoms with E-state index in [4.69, 9.17) is 4.74 Å². The highest BCUT2D eigenvalue weighted by Gasteiger charge is 2.15. The van der Waals surface area contributed by atoms with Crippen LogP contribution in [-0.4, -0.2) is 30.1 Å². The Balaban J connectivity index is 1.74. The number of amides is 3. The molecule has 0 bridgehead atoms. The molecule has 0 radical (unpaired) electrons. The third-order valence-electron chi connectivity index (χ3n) is 4.11. The zero-order valence-electron chi connectivity index (χ0n) is 17.9. The zero-order valence-corrected chi connectivity index (χ0v) is 17.9. The highest BCUT2D eigenvalue weighted by Crippen LogP contribution is 2.13. The van der Waals surface area contributed by atoms with E-state index in [-0.39, 0.29) is 24.8 Å². The van der Waals surface area contributed by atoms with Gasteiger partial charge < -0.3 is 20.7 Å². The predicted octanol–water partition coefficient (Wildman–Crippen LogP) is 3.78. The molecule has 3 N–H and O–H groups in total. The molecule has 0 fully saturated rings. The highest BCUT2D eigenvalue weighted by atomic mass is 16.6. The number of ether oxygens (including phenoxy) is 1. The van der Waals surface area contributed by atoms with E-state index in [0.717, 1.165) is 11.1 Å². The van der Waals surface area contributed by atoms with E-state index >= 15 is 0 Å². The lowest BCUT2D eigenvalue weighted by Crippen LogP contribution is -2.35. The summed E-state index contributed by atoms with van der Waals surface area (Å²) in [5.74, 6) is -0.338. The van der Waals surface area contributed by atoms with Gasteiger partial charge in [-0.05, 0) is 57.0 Å². The summed E-state index contributed by atoms with van der Waals surface area (Å²) in [7, 11) is 0. The van der Waals surface area contributed by atoms with Crippen molar-refractivity contribution in [2.75, 3.05) is 11.9 Å². The summed E-state index contributed by atoms with van der Waals surface area (Å²) in [6, 6.07) is 14.7. The fourth-order valence-electron chi connectivity index (χ4n) is 2.61. The first-order valence-corrected chi connectivity index (χ1v) is 9.83. The molecule has 0 heterocycles. The summed E-state index contributed by atoms with van der Waals surface area (Å²) < 4.78 is 5.11. The van der Waals surface area contributed by atoms with Gasteiger partial charge in [0.2, 0.25) is 5.91 Å². The zero-order chi connectivity index (χ0) is 22.1. The number of hydrogen-bond donors (Lipinski definition) is 3. The summed E-state index contributed by atoms with van der Waals surface area (Å²) in [5.41, 5.74) is 2.55. The van der Waals surface area contributed by atoms with Crippen LogP contribution >= 0.6 is 0 Å². The van der Waals surface area contributed by atoms with Crippen LogP contribution in [0.25, 0.3) is 0 Å². The number of aryl methyl sites for hydroxylation is 1. The number of carbonyl (C=O) groups excluding carboxylic acids is 3. The van der Waals surface area contributed by atoms with Gasteiger partial charge in [-0.2, -0.15) is 0 Å². The van der Waals surface area contributed by atoms with Crippen LogP contribution in [0.3, 0.4) is 0 Å². The third-order valence-corrected chi connectivity index (χ3v) is 4.11. The van der Waals surface area contributed by atoms with Gasteiger partial charge in [-0.15, -0.1) is 0 Å². The number of anilines is 1. The number of benzene rings is 2. The molecular formula is C23H29N3O4. The van der Waals surface area contributed by atoms with Crippen molar-refractivity contribution in [2.24, 2.45) is 0 Å². The number of rotatable bonds is 7. The molecule has 0 spiro atoms. The van der Waals surface area contributed by atoms with Gasteiger partial charge in [0.05, 0.1) is 0 Å². The number of hydrogen-bond acceptors (Lipinski definition) is 4. The van der Waals surface area contributed by atoms with Crippen molar-refractivity contribution in [2.45, 2.75) is 46.3 Å². The molecule has 2 aromatic carbocycles. The Bertz CT molecular complexity index is 886. The summed E-state index contributed by atoms with van der Waals surface area (Å²) in [5, 5.41) is 8.21. The minimum atomic E-state index is -0.572. The fourth-order valence-corrected chi connectivity index (χ4v) is 2.61. The molecule has 0 aliphatic heterocycles. The molecule has 30 heavy (non-hydrogen) atoms. The minimum Gasteiger partial charge on any atom is -0.444 e. The van der Waals surface area contributed by atoms with E-state index in [1.807, 2.05) is 37.3 Å². The second kappa shape index (κ2) is 10.4.